The van der Waals surface area contributed by atoms with Gasteiger partial charge < -0.3 is 30.0 Å². The zero-order chi connectivity index (χ0) is 37.7. The molecule has 0 aliphatic heterocycles. The first-order chi connectivity index (χ1) is 23.5. The normalized spacial score (nSPS) is 12.2. The summed E-state index contributed by atoms with van der Waals surface area (Å²) in [4.78, 5) is 27.6. The number of rotatable bonds is 10. The maximum Gasteiger partial charge on any atom is 2.00 e. The summed E-state index contributed by atoms with van der Waals surface area (Å²) in [6.07, 6.45) is 5.56. The monoisotopic (exact) mass is 739 g/mol. The predicted octanol–water partition coefficient (Wildman–Crippen LogP) is 8.54. The molecule has 0 bridgehead atoms. The van der Waals surface area contributed by atoms with Crippen molar-refractivity contribution < 1.29 is 46.8 Å². The smallest absolute Gasteiger partial charge is 0.550 e. The van der Waals surface area contributed by atoms with Gasteiger partial charge in [-0.3, -0.25) is 9.98 Å². The minimum Gasteiger partial charge on any atom is -0.550 e. The molecule has 2 N–H and O–H groups in total. The molecule has 0 fully saturated rings. The topological polar surface area (TPSA) is 145 Å². The van der Waals surface area contributed by atoms with E-state index >= 15 is 0 Å². The van der Waals surface area contributed by atoms with Crippen LogP contribution in [0.5, 0.6) is 11.5 Å². The van der Waals surface area contributed by atoms with E-state index in [0.717, 1.165) is 48.6 Å². The number of carbonyl (C=O) groups excluding carboxylic acids is 2. The van der Waals surface area contributed by atoms with E-state index in [0.29, 0.717) is 34.3 Å². The van der Waals surface area contributed by atoms with Gasteiger partial charge in [-0.2, -0.15) is 0 Å². The quantitative estimate of drug-likeness (QED) is 0.156. The number of phenolic OH excluding ortho intramolecular Hbond substituents is 2. The summed E-state index contributed by atoms with van der Waals surface area (Å²) in [7, 11) is 0. The molecule has 4 aromatic carbocycles. The second kappa shape index (κ2) is 21.0. The average molecular weight is 740 g/mol. The molecule has 4 aromatic rings. The van der Waals surface area contributed by atoms with Crippen LogP contribution in [-0.2, 0) is 26.4 Å². The molecule has 0 amide bonds. The molecule has 0 aromatic heterocycles. The third-order valence-corrected chi connectivity index (χ3v) is 8.52. The van der Waals surface area contributed by atoms with E-state index in [1.807, 2.05) is 24.3 Å². The summed E-state index contributed by atoms with van der Waals surface area (Å²) in [5.74, 6) is -0.469. The Bertz CT molecular complexity index is 1690. The van der Waals surface area contributed by atoms with Crippen LogP contribution in [0.15, 0.2) is 70.6 Å². The molecule has 4 rings (SSSR count). The Morgan fingerprint density at radius 3 is 1.24 bits per heavy atom. The van der Waals surface area contributed by atoms with Crippen molar-refractivity contribution in [1.82, 2.24) is 0 Å². The van der Waals surface area contributed by atoms with Gasteiger partial charge in [0, 0.05) is 35.5 Å². The summed E-state index contributed by atoms with van der Waals surface area (Å²) < 4.78 is 0. The summed E-state index contributed by atoms with van der Waals surface area (Å²) in [6, 6.07) is 20.6. The second-order valence-electron chi connectivity index (χ2n) is 13.2. The van der Waals surface area contributed by atoms with Gasteiger partial charge in [0.05, 0.1) is 11.4 Å². The van der Waals surface area contributed by atoms with Crippen LogP contribution in [0.2, 0.25) is 0 Å². The van der Waals surface area contributed by atoms with Crippen molar-refractivity contribution in [2.24, 2.45) is 9.98 Å². The number of benzene rings is 4. The molecule has 0 aliphatic carbocycles. The Morgan fingerprint density at radius 2 is 0.961 bits per heavy atom. The largest absolute Gasteiger partial charge is 2.00 e. The minimum absolute atomic E-state index is 0. The number of phenols is 2. The summed E-state index contributed by atoms with van der Waals surface area (Å²) >= 11 is 0. The van der Waals surface area contributed by atoms with Gasteiger partial charge in [-0.05, 0) is 108 Å². The van der Waals surface area contributed by atoms with Crippen LogP contribution >= 0.6 is 0 Å². The SMILES string of the molecule is CC(=O)[O-].CC(=O)[O-].CCC(C)c1cc(C=Nc2cc3ccccc3cc2N=Cc2cc(C(C)CC)cc(C(C)C)c2O)c(O)c(C(C)C)c1.[Co+2]. The molecule has 51 heavy (non-hydrogen) atoms. The van der Waals surface area contributed by atoms with Crippen molar-refractivity contribution in [2.75, 3.05) is 0 Å². The van der Waals surface area contributed by atoms with Crippen LogP contribution in [0.3, 0.4) is 0 Å². The molecule has 0 heterocycles. The summed E-state index contributed by atoms with van der Waals surface area (Å²) in [6.45, 7) is 19.1. The van der Waals surface area contributed by atoms with Crippen molar-refractivity contribution in [2.45, 2.75) is 106 Å². The van der Waals surface area contributed by atoms with E-state index < -0.39 is 11.9 Å². The van der Waals surface area contributed by atoms with Crippen LogP contribution < -0.4 is 10.2 Å². The minimum atomic E-state index is -1.08. The van der Waals surface area contributed by atoms with E-state index in [9.17, 15) is 10.2 Å². The molecule has 9 heteroatoms. The summed E-state index contributed by atoms with van der Waals surface area (Å²) in [5, 5.41) is 42.2. The first-order valence-corrected chi connectivity index (χ1v) is 17.2. The van der Waals surface area contributed by atoms with Gasteiger partial charge in [-0.15, -0.1) is 0 Å². The molecule has 2 unspecified atom stereocenters. The fraction of sp³-hybridized carbons (Fsp3) is 0.381. The predicted molar refractivity (Wildman–Crippen MR) is 202 cm³/mol. The molecule has 1 radical (unpaired) electrons. The Labute approximate surface area is 313 Å². The maximum absolute atomic E-state index is 11.2. The Hall–Kier alpha value is -4.47. The zero-order valence-corrected chi connectivity index (χ0v) is 32.4. The van der Waals surface area contributed by atoms with Gasteiger partial charge in [-0.25, -0.2) is 0 Å². The van der Waals surface area contributed by atoms with E-state index in [2.05, 4.69) is 91.8 Å². The fourth-order valence-corrected chi connectivity index (χ4v) is 5.23. The Balaban J connectivity index is 0.00000131. The van der Waals surface area contributed by atoms with Crippen LogP contribution in [0.1, 0.15) is 139 Å². The molecular formula is C42H52CoN2O6. The van der Waals surface area contributed by atoms with E-state index in [1.165, 1.54) is 11.1 Å². The molecular weight excluding hydrogens is 687 g/mol. The number of carbonyl (C=O) groups is 2. The molecule has 0 saturated carbocycles. The van der Waals surface area contributed by atoms with E-state index in [1.54, 1.807) is 12.4 Å². The van der Waals surface area contributed by atoms with Gasteiger partial charge in [0.2, 0.25) is 0 Å². The number of aliphatic imine (C=N–C) groups is 2. The molecule has 275 valence electrons. The van der Waals surface area contributed by atoms with Crippen molar-refractivity contribution in [3.63, 3.8) is 0 Å². The van der Waals surface area contributed by atoms with Crippen molar-refractivity contribution in [1.29, 1.82) is 0 Å². The average Bonchev–Trinajstić information content (AvgIpc) is 3.05. The van der Waals surface area contributed by atoms with Gasteiger partial charge in [0.15, 0.2) is 0 Å². The Kier molecular flexibility index (Phi) is 18.4. The van der Waals surface area contributed by atoms with Crippen LogP contribution in [0.4, 0.5) is 11.4 Å². The first-order valence-electron chi connectivity index (χ1n) is 17.2. The van der Waals surface area contributed by atoms with E-state index in [4.69, 9.17) is 29.8 Å². The second-order valence-corrected chi connectivity index (χ2v) is 13.2. The number of hydrogen-bond acceptors (Lipinski definition) is 8. The van der Waals surface area contributed by atoms with Crippen molar-refractivity contribution in [3.8, 4) is 11.5 Å². The number of fused-ring (bicyclic) bond motifs is 1. The maximum atomic E-state index is 11.2. The van der Waals surface area contributed by atoms with Crippen LogP contribution in [-0.4, -0.2) is 34.6 Å². The van der Waals surface area contributed by atoms with Crippen LogP contribution in [0, 0.1) is 0 Å². The third-order valence-electron chi connectivity index (χ3n) is 8.52. The molecule has 0 saturated heterocycles. The van der Waals surface area contributed by atoms with Gasteiger partial charge in [-0.1, -0.05) is 91.8 Å². The van der Waals surface area contributed by atoms with Gasteiger partial charge in [0.25, 0.3) is 0 Å². The number of aliphatic carboxylic acids is 2. The number of hydrogen-bond donors (Lipinski definition) is 2. The standard InChI is InChI=1S/C38H46N2O2.2C2H4O2.Co/c1-9-25(7)29-15-31(37(41)33(17-29)23(3)4)21-39-35-19-27-13-11-12-14-28(27)20-36(35)40-22-32-16-30(26(8)10-2)18-34(24(5)6)38(32)42;2*1-2(3)4;/h11-26,41-42H,9-10H2,1-8H3;2*1H3,(H,3,4);/q;;;+2/p-2. The molecule has 8 nitrogen and oxygen atoms in total. The number of carboxylic acids is 2. The zero-order valence-electron chi connectivity index (χ0n) is 31.4. The fourth-order valence-electron chi connectivity index (χ4n) is 5.23. The molecule has 2 atom stereocenters. The number of carboxylic acid groups (broad SMARTS) is 2. The summed E-state index contributed by atoms with van der Waals surface area (Å²) in [5.41, 5.74) is 7.09. The Morgan fingerprint density at radius 1 is 0.647 bits per heavy atom. The van der Waals surface area contributed by atoms with Gasteiger partial charge in [0.1, 0.15) is 11.5 Å². The van der Waals surface area contributed by atoms with E-state index in [-0.39, 0.29) is 40.1 Å². The van der Waals surface area contributed by atoms with Crippen LogP contribution in [0.25, 0.3) is 10.8 Å². The molecule has 0 aliphatic rings. The number of aromatic hydroxyl groups is 2. The van der Waals surface area contributed by atoms with Crippen molar-refractivity contribution >= 4 is 46.5 Å². The van der Waals surface area contributed by atoms with Gasteiger partial charge >= 0.3 is 16.8 Å². The number of nitrogens with zero attached hydrogens (tertiary/aromatic N) is 2. The first kappa shape index (κ1) is 44.5. The molecule has 0 spiro atoms. The van der Waals surface area contributed by atoms with Crippen molar-refractivity contribution in [3.05, 3.63) is 94.0 Å². The third kappa shape index (κ3) is 13.3.